The molecule has 0 saturated heterocycles. The van der Waals surface area contributed by atoms with Gasteiger partial charge in [0.25, 0.3) is 5.91 Å². The van der Waals surface area contributed by atoms with Crippen LogP contribution < -0.4 is 5.32 Å². The molecule has 3 rings (SSSR count). The number of likely N-dealkylation sites (N-methyl/N-ethyl adjacent to an activating group) is 1. The number of amides is 2. The second-order valence-corrected chi connectivity index (χ2v) is 8.95. The van der Waals surface area contributed by atoms with Crippen LogP contribution in [0, 0.1) is 0 Å². The Kier molecular flexibility index (Phi) is 6.00. The number of thiophene rings is 2. The Bertz CT molecular complexity index is 873. The fourth-order valence-corrected chi connectivity index (χ4v) is 4.89. The van der Waals surface area contributed by atoms with Crippen LogP contribution in [-0.4, -0.2) is 28.7 Å². The van der Waals surface area contributed by atoms with Crippen molar-refractivity contribution in [2.75, 3.05) is 12.4 Å². The molecule has 0 saturated carbocycles. The molecule has 5 nitrogen and oxygen atoms in total. The van der Waals surface area contributed by atoms with Gasteiger partial charge in [-0.2, -0.15) is 0 Å². The Balaban J connectivity index is 1.55. The van der Waals surface area contributed by atoms with E-state index in [4.69, 9.17) is 0 Å². The number of anilines is 1. The number of carbonyl (C=O) groups excluding carboxylic acids is 2. The van der Waals surface area contributed by atoms with E-state index in [9.17, 15) is 9.59 Å². The Hall–Kier alpha value is -1.55. The molecule has 3 heterocycles. The first-order valence-electron chi connectivity index (χ1n) is 7.27. The number of nitrogens with one attached hydrogen (secondary N) is 1. The van der Waals surface area contributed by atoms with E-state index in [2.05, 4.69) is 26.2 Å². The highest BCUT2D eigenvalue weighted by Gasteiger charge is 2.15. The second-order valence-electron chi connectivity index (χ2n) is 5.23. The van der Waals surface area contributed by atoms with Crippen molar-refractivity contribution in [3.05, 3.63) is 54.3 Å². The molecule has 130 valence electrons. The number of nitrogens with zero attached hydrogens (tertiary/aromatic N) is 2. The maximum Gasteiger partial charge on any atom is 0.267 e. The summed E-state index contributed by atoms with van der Waals surface area (Å²) in [7, 11) is 1.78. The van der Waals surface area contributed by atoms with E-state index >= 15 is 0 Å². The minimum absolute atomic E-state index is 0.00837. The molecule has 0 aromatic carbocycles. The molecule has 1 N–H and O–H groups in total. The van der Waals surface area contributed by atoms with E-state index in [1.807, 2.05) is 22.9 Å². The molecule has 3 aromatic heterocycles. The molecule has 9 heteroatoms. The van der Waals surface area contributed by atoms with Crippen molar-refractivity contribution in [1.82, 2.24) is 9.88 Å². The number of hydrogen-bond acceptors (Lipinski definition) is 6. The van der Waals surface area contributed by atoms with Gasteiger partial charge in [0.05, 0.1) is 23.5 Å². The third kappa shape index (κ3) is 4.97. The lowest BCUT2D eigenvalue weighted by molar-refractivity contribution is -0.129. The summed E-state index contributed by atoms with van der Waals surface area (Å²) < 4.78 is 1.03. The molecule has 0 aliphatic heterocycles. The van der Waals surface area contributed by atoms with Crippen LogP contribution in [0.1, 0.15) is 20.2 Å². The van der Waals surface area contributed by atoms with Gasteiger partial charge in [-0.15, -0.1) is 34.0 Å². The fraction of sp³-hybridized carbons (Fsp3) is 0.188. The SMILES string of the molecule is CN(Cc1cc(Br)cs1)C(=O)Cc1csc(NC(=O)c2cccs2)n1. The minimum atomic E-state index is -0.178. The highest BCUT2D eigenvalue weighted by molar-refractivity contribution is 9.10. The molecular weight excluding hydrogens is 442 g/mol. The normalized spacial score (nSPS) is 10.6. The zero-order valence-corrected chi connectivity index (χ0v) is 17.2. The van der Waals surface area contributed by atoms with Crippen LogP contribution in [0.5, 0.6) is 0 Å². The smallest absolute Gasteiger partial charge is 0.267 e. The molecule has 0 radical (unpaired) electrons. The predicted molar refractivity (Wildman–Crippen MR) is 107 cm³/mol. The van der Waals surface area contributed by atoms with Gasteiger partial charge in [0.15, 0.2) is 5.13 Å². The quantitative estimate of drug-likeness (QED) is 0.595. The highest BCUT2D eigenvalue weighted by atomic mass is 79.9. The zero-order chi connectivity index (χ0) is 17.8. The molecule has 0 spiro atoms. The van der Waals surface area contributed by atoms with Gasteiger partial charge in [0.1, 0.15) is 0 Å². The Labute approximate surface area is 165 Å². The highest BCUT2D eigenvalue weighted by Crippen LogP contribution is 2.22. The van der Waals surface area contributed by atoms with Crippen molar-refractivity contribution < 1.29 is 9.59 Å². The number of halogens is 1. The summed E-state index contributed by atoms with van der Waals surface area (Å²) in [6.45, 7) is 0.571. The van der Waals surface area contributed by atoms with Crippen LogP contribution in [0.15, 0.2) is 38.8 Å². The van der Waals surface area contributed by atoms with Gasteiger partial charge in [0, 0.05) is 27.2 Å². The summed E-state index contributed by atoms with van der Waals surface area (Å²) >= 11 is 7.72. The standard InChI is InChI=1S/C16H14BrN3O2S3/c1-20(7-12-5-10(17)8-24-12)14(21)6-11-9-25-16(18-11)19-15(22)13-3-2-4-23-13/h2-5,8-9H,6-7H2,1H3,(H,18,19,22). The van der Waals surface area contributed by atoms with Crippen LogP contribution in [0.25, 0.3) is 0 Å². The minimum Gasteiger partial charge on any atom is -0.340 e. The summed E-state index contributed by atoms with van der Waals surface area (Å²) in [5, 5.41) is 8.92. The van der Waals surface area contributed by atoms with Crippen molar-refractivity contribution >= 4 is 66.9 Å². The van der Waals surface area contributed by atoms with Crippen molar-refractivity contribution in [1.29, 1.82) is 0 Å². The molecule has 0 bridgehead atoms. The number of rotatable bonds is 6. The van der Waals surface area contributed by atoms with Gasteiger partial charge in [0.2, 0.25) is 5.91 Å². The number of hydrogen-bond donors (Lipinski definition) is 1. The molecule has 0 aliphatic carbocycles. The monoisotopic (exact) mass is 455 g/mol. The largest absolute Gasteiger partial charge is 0.340 e. The second kappa shape index (κ2) is 8.22. The van der Waals surface area contributed by atoms with Gasteiger partial charge >= 0.3 is 0 Å². The third-order valence-corrected chi connectivity index (χ3v) is 6.65. The maximum atomic E-state index is 12.3. The average molecular weight is 456 g/mol. The van der Waals surface area contributed by atoms with E-state index in [1.165, 1.54) is 22.7 Å². The molecule has 0 atom stereocenters. The van der Waals surface area contributed by atoms with E-state index in [0.717, 1.165) is 9.35 Å². The van der Waals surface area contributed by atoms with Crippen LogP contribution in [0.4, 0.5) is 5.13 Å². The molecule has 2 amide bonds. The molecule has 0 fully saturated rings. The van der Waals surface area contributed by atoms with Crippen LogP contribution in [0.2, 0.25) is 0 Å². The van der Waals surface area contributed by atoms with E-state index in [1.54, 1.807) is 34.7 Å². The average Bonchev–Trinajstić information content (AvgIpc) is 3.30. The number of carbonyl (C=O) groups is 2. The summed E-state index contributed by atoms with van der Waals surface area (Å²) in [5.41, 5.74) is 0.663. The van der Waals surface area contributed by atoms with Gasteiger partial charge in [-0.05, 0) is 33.4 Å². The van der Waals surface area contributed by atoms with Gasteiger partial charge in [-0.3, -0.25) is 14.9 Å². The fourth-order valence-electron chi connectivity index (χ4n) is 2.06. The first kappa shape index (κ1) is 18.2. The number of thiazole rings is 1. The van der Waals surface area contributed by atoms with Crippen LogP contribution in [-0.2, 0) is 17.8 Å². The van der Waals surface area contributed by atoms with Gasteiger partial charge in [-0.25, -0.2) is 4.98 Å². The lowest BCUT2D eigenvalue weighted by atomic mass is 10.3. The molecular formula is C16H14BrN3O2S3. The summed E-state index contributed by atoms with van der Waals surface area (Å²) in [4.78, 5) is 32.1. The van der Waals surface area contributed by atoms with E-state index in [0.29, 0.717) is 22.2 Å². The van der Waals surface area contributed by atoms with E-state index < -0.39 is 0 Å². The summed E-state index contributed by atoms with van der Waals surface area (Å²) in [6, 6.07) is 5.60. The summed E-state index contributed by atoms with van der Waals surface area (Å²) in [5.74, 6) is -0.187. The van der Waals surface area contributed by atoms with E-state index in [-0.39, 0.29) is 18.2 Å². The molecule has 0 aliphatic rings. The molecule has 25 heavy (non-hydrogen) atoms. The lowest BCUT2D eigenvalue weighted by Gasteiger charge is -2.15. The van der Waals surface area contributed by atoms with Crippen LogP contribution in [0.3, 0.4) is 0 Å². The lowest BCUT2D eigenvalue weighted by Crippen LogP contribution is -2.27. The molecule has 0 unspecified atom stereocenters. The van der Waals surface area contributed by atoms with Gasteiger partial charge < -0.3 is 4.90 Å². The Morgan fingerprint density at radius 3 is 2.80 bits per heavy atom. The van der Waals surface area contributed by atoms with Crippen molar-refractivity contribution in [3.8, 4) is 0 Å². The van der Waals surface area contributed by atoms with Crippen molar-refractivity contribution in [2.24, 2.45) is 0 Å². The van der Waals surface area contributed by atoms with Gasteiger partial charge in [-0.1, -0.05) is 6.07 Å². The Morgan fingerprint density at radius 1 is 1.28 bits per heavy atom. The molecule has 3 aromatic rings. The predicted octanol–water partition coefficient (Wildman–Crippen LogP) is 4.48. The maximum absolute atomic E-state index is 12.3. The zero-order valence-electron chi connectivity index (χ0n) is 13.2. The topological polar surface area (TPSA) is 62.3 Å². The van der Waals surface area contributed by atoms with Crippen molar-refractivity contribution in [2.45, 2.75) is 13.0 Å². The first-order valence-corrected chi connectivity index (χ1v) is 10.7. The van der Waals surface area contributed by atoms with Crippen molar-refractivity contribution in [3.63, 3.8) is 0 Å². The van der Waals surface area contributed by atoms with Crippen LogP contribution >= 0.6 is 49.9 Å². The number of aromatic nitrogens is 1. The Morgan fingerprint density at radius 2 is 2.12 bits per heavy atom. The summed E-state index contributed by atoms with van der Waals surface area (Å²) in [6.07, 6.45) is 0.217. The third-order valence-electron chi connectivity index (χ3n) is 3.29. The first-order chi connectivity index (χ1) is 12.0.